The van der Waals surface area contributed by atoms with Crippen molar-refractivity contribution >= 4 is 23.5 Å². The van der Waals surface area contributed by atoms with Gasteiger partial charge in [-0.05, 0) is 43.7 Å². The van der Waals surface area contributed by atoms with Gasteiger partial charge in [-0.2, -0.15) is 0 Å². The number of carbonyl (C=O) groups excluding carboxylic acids is 3. The molecule has 0 radical (unpaired) electrons. The van der Waals surface area contributed by atoms with Crippen LogP contribution in [0.2, 0.25) is 0 Å². The van der Waals surface area contributed by atoms with Gasteiger partial charge in [-0.3, -0.25) is 9.59 Å². The maximum absolute atomic E-state index is 12.5. The molecule has 0 saturated heterocycles. The van der Waals surface area contributed by atoms with E-state index in [0.29, 0.717) is 11.3 Å². The fourth-order valence-corrected chi connectivity index (χ4v) is 2.54. The largest absolute Gasteiger partial charge is 0.450 e. The van der Waals surface area contributed by atoms with E-state index in [1.807, 2.05) is 18.2 Å². The lowest BCUT2D eigenvalue weighted by Gasteiger charge is -2.29. The van der Waals surface area contributed by atoms with Crippen LogP contribution in [0.4, 0.5) is 5.69 Å². The first kappa shape index (κ1) is 21.1. The van der Waals surface area contributed by atoms with E-state index >= 15 is 0 Å². The van der Waals surface area contributed by atoms with Crippen LogP contribution in [-0.4, -0.2) is 34.6 Å². The molecule has 7 heteroatoms. The summed E-state index contributed by atoms with van der Waals surface area (Å²) in [5.74, 6) is -2.56. The predicted molar refractivity (Wildman–Crippen MR) is 105 cm³/mol. The van der Waals surface area contributed by atoms with Crippen molar-refractivity contribution in [2.24, 2.45) is 5.73 Å². The van der Waals surface area contributed by atoms with Crippen molar-refractivity contribution in [2.45, 2.75) is 38.4 Å². The maximum atomic E-state index is 12.5. The Kier molecular flexibility index (Phi) is 6.53. The smallest absolute Gasteiger partial charge is 0.339 e. The molecule has 0 fully saturated rings. The minimum Gasteiger partial charge on any atom is -0.450 e. The molecule has 0 saturated carbocycles. The summed E-state index contributed by atoms with van der Waals surface area (Å²) in [6.45, 7) is 4.48. The number of rotatable bonds is 7. The monoisotopic (exact) mass is 384 g/mol. The number of primary amides is 1. The van der Waals surface area contributed by atoms with Crippen LogP contribution in [0.5, 0.6) is 0 Å². The number of benzene rings is 2. The Morgan fingerprint density at radius 1 is 1.04 bits per heavy atom. The number of anilines is 1. The van der Waals surface area contributed by atoms with Gasteiger partial charge in [0.05, 0.1) is 0 Å². The third-order valence-corrected chi connectivity index (χ3v) is 4.65. The lowest BCUT2D eigenvalue weighted by molar-refractivity contribution is -0.172. The summed E-state index contributed by atoms with van der Waals surface area (Å²) in [4.78, 5) is 35.8. The highest BCUT2D eigenvalue weighted by atomic mass is 16.6. The Labute approximate surface area is 163 Å². The fourth-order valence-electron chi connectivity index (χ4n) is 2.54. The normalized spacial score (nSPS) is 15.0. The van der Waals surface area contributed by atoms with Crippen molar-refractivity contribution in [3.8, 4) is 0 Å². The Morgan fingerprint density at radius 3 is 2.14 bits per heavy atom. The predicted octanol–water partition coefficient (Wildman–Crippen LogP) is 2.21. The van der Waals surface area contributed by atoms with E-state index in [1.165, 1.54) is 38.1 Å². The summed E-state index contributed by atoms with van der Waals surface area (Å²) in [5.41, 5.74) is 4.86. The van der Waals surface area contributed by atoms with Gasteiger partial charge in [0.15, 0.2) is 11.7 Å². The second kappa shape index (κ2) is 8.67. The Morgan fingerprint density at radius 2 is 1.61 bits per heavy atom. The molecular weight excluding hydrogens is 360 g/mol. The zero-order valence-corrected chi connectivity index (χ0v) is 16.0. The van der Waals surface area contributed by atoms with Gasteiger partial charge >= 0.3 is 5.97 Å². The summed E-state index contributed by atoms with van der Waals surface area (Å²) < 4.78 is 5.18. The van der Waals surface area contributed by atoms with Crippen LogP contribution < -0.4 is 11.1 Å². The maximum Gasteiger partial charge on any atom is 0.339 e. The van der Waals surface area contributed by atoms with Crippen LogP contribution in [0, 0.1) is 0 Å². The number of hydrogen-bond acceptors (Lipinski definition) is 5. The Hall–Kier alpha value is -3.19. The van der Waals surface area contributed by atoms with Gasteiger partial charge in [-0.25, -0.2) is 4.79 Å². The van der Waals surface area contributed by atoms with E-state index in [-0.39, 0.29) is 0 Å². The quantitative estimate of drug-likeness (QED) is 0.633. The zero-order chi connectivity index (χ0) is 20.9. The molecule has 2 aromatic rings. The minimum atomic E-state index is -1.81. The van der Waals surface area contributed by atoms with Gasteiger partial charge in [0, 0.05) is 17.2 Å². The molecule has 7 nitrogen and oxygen atoms in total. The standard InChI is InChI=1S/C21H24N2O5/c1-13(15-7-5-4-6-8-15)21(3,27)20(26)28-14(2)19(25)23-17-11-9-16(10-12-17)18(22)24/h4-14,27H,1-3H3,(H2,22,24)(H,23,25). The van der Waals surface area contributed by atoms with E-state index < -0.39 is 35.4 Å². The number of hydrogen-bond donors (Lipinski definition) is 3. The van der Waals surface area contributed by atoms with Gasteiger partial charge in [0.1, 0.15) is 0 Å². The molecule has 0 spiro atoms. The molecule has 2 aromatic carbocycles. The number of nitrogens with one attached hydrogen (secondary N) is 1. The highest BCUT2D eigenvalue weighted by molar-refractivity contribution is 5.97. The third-order valence-electron chi connectivity index (χ3n) is 4.65. The molecule has 3 unspecified atom stereocenters. The number of carbonyl (C=O) groups is 3. The molecule has 28 heavy (non-hydrogen) atoms. The zero-order valence-electron chi connectivity index (χ0n) is 16.0. The molecule has 0 heterocycles. The number of ether oxygens (including phenoxy) is 1. The van der Waals surface area contributed by atoms with E-state index in [9.17, 15) is 19.5 Å². The molecule has 3 atom stereocenters. The topological polar surface area (TPSA) is 119 Å². The molecule has 0 aliphatic rings. The second-order valence-electron chi connectivity index (χ2n) is 6.76. The van der Waals surface area contributed by atoms with Crippen LogP contribution in [-0.2, 0) is 14.3 Å². The third kappa shape index (κ3) is 4.95. The summed E-state index contributed by atoms with van der Waals surface area (Å²) in [7, 11) is 0. The second-order valence-corrected chi connectivity index (χ2v) is 6.76. The molecule has 148 valence electrons. The number of aliphatic hydroxyl groups is 1. The molecule has 0 aliphatic heterocycles. The molecule has 4 N–H and O–H groups in total. The molecular formula is C21H24N2O5. The van der Waals surface area contributed by atoms with Crippen molar-refractivity contribution < 1.29 is 24.2 Å². The first-order valence-electron chi connectivity index (χ1n) is 8.82. The van der Waals surface area contributed by atoms with Crippen LogP contribution in [0.3, 0.4) is 0 Å². The minimum absolute atomic E-state index is 0.309. The summed E-state index contributed by atoms with van der Waals surface area (Å²) in [6.07, 6.45) is -1.13. The van der Waals surface area contributed by atoms with Crippen molar-refractivity contribution in [2.75, 3.05) is 5.32 Å². The van der Waals surface area contributed by atoms with Crippen molar-refractivity contribution in [3.05, 3.63) is 65.7 Å². The molecule has 2 rings (SSSR count). The Bertz CT molecular complexity index is 847. The van der Waals surface area contributed by atoms with Crippen LogP contribution in [0.25, 0.3) is 0 Å². The van der Waals surface area contributed by atoms with Gasteiger partial charge in [-0.1, -0.05) is 37.3 Å². The van der Waals surface area contributed by atoms with E-state index in [0.717, 1.165) is 5.56 Å². The van der Waals surface area contributed by atoms with Crippen molar-refractivity contribution in [1.29, 1.82) is 0 Å². The molecule has 0 aromatic heterocycles. The first-order chi connectivity index (χ1) is 13.1. The van der Waals surface area contributed by atoms with Crippen LogP contribution in [0.1, 0.15) is 42.6 Å². The first-order valence-corrected chi connectivity index (χ1v) is 8.82. The molecule has 2 amide bonds. The van der Waals surface area contributed by atoms with Crippen LogP contribution in [0.15, 0.2) is 54.6 Å². The average molecular weight is 384 g/mol. The summed E-state index contributed by atoms with van der Waals surface area (Å²) in [6, 6.07) is 15.0. The average Bonchev–Trinajstić information content (AvgIpc) is 2.68. The van der Waals surface area contributed by atoms with Crippen molar-refractivity contribution in [1.82, 2.24) is 0 Å². The number of nitrogens with two attached hydrogens (primary N) is 1. The highest BCUT2D eigenvalue weighted by Gasteiger charge is 2.40. The van der Waals surface area contributed by atoms with Crippen molar-refractivity contribution in [3.63, 3.8) is 0 Å². The lowest BCUT2D eigenvalue weighted by Crippen LogP contribution is -2.44. The SMILES string of the molecule is CC(OC(=O)C(C)(O)C(C)c1ccccc1)C(=O)Nc1ccc(C(N)=O)cc1. The van der Waals surface area contributed by atoms with Gasteiger partial charge in [0.25, 0.3) is 5.91 Å². The number of esters is 1. The number of amides is 2. The Balaban J connectivity index is 2.00. The van der Waals surface area contributed by atoms with Gasteiger partial charge in [0.2, 0.25) is 5.91 Å². The van der Waals surface area contributed by atoms with Gasteiger partial charge in [-0.15, -0.1) is 0 Å². The van der Waals surface area contributed by atoms with E-state index in [2.05, 4.69) is 5.32 Å². The fraction of sp³-hybridized carbons (Fsp3) is 0.286. The van der Waals surface area contributed by atoms with Crippen LogP contribution >= 0.6 is 0 Å². The van der Waals surface area contributed by atoms with E-state index in [4.69, 9.17) is 10.5 Å². The highest BCUT2D eigenvalue weighted by Crippen LogP contribution is 2.29. The van der Waals surface area contributed by atoms with E-state index in [1.54, 1.807) is 19.1 Å². The lowest BCUT2D eigenvalue weighted by atomic mass is 9.85. The van der Waals surface area contributed by atoms with Gasteiger partial charge < -0.3 is 20.9 Å². The summed E-state index contributed by atoms with van der Waals surface area (Å²) in [5, 5.41) is 13.2. The molecule has 0 aliphatic carbocycles. The molecule has 0 bridgehead atoms. The summed E-state index contributed by atoms with van der Waals surface area (Å²) >= 11 is 0.